The van der Waals surface area contributed by atoms with Gasteiger partial charge in [0, 0.05) is 11.1 Å². The molecule has 1 atom stereocenters. The molecule has 2 aromatic carbocycles. The minimum absolute atomic E-state index is 0.336. The maximum atomic E-state index is 12.8. The van der Waals surface area contributed by atoms with Gasteiger partial charge in [-0.05, 0) is 69.0 Å². The van der Waals surface area contributed by atoms with E-state index in [0.29, 0.717) is 29.8 Å². The van der Waals surface area contributed by atoms with Gasteiger partial charge in [0.2, 0.25) is 0 Å². The van der Waals surface area contributed by atoms with Gasteiger partial charge in [-0.15, -0.1) is 0 Å². The first-order valence-corrected chi connectivity index (χ1v) is 9.11. The molecule has 0 heterocycles. The summed E-state index contributed by atoms with van der Waals surface area (Å²) < 4.78 is 0. The minimum Gasteiger partial charge on any atom is -0.465 e. The van der Waals surface area contributed by atoms with Gasteiger partial charge < -0.3 is 10.4 Å². The third-order valence-electron chi connectivity index (χ3n) is 4.83. The molecule has 0 fully saturated rings. The van der Waals surface area contributed by atoms with Gasteiger partial charge in [-0.3, -0.25) is 9.69 Å². The normalized spacial score (nSPS) is 15.6. The maximum Gasteiger partial charge on any atom is 0.412 e. The highest BCUT2D eigenvalue weighted by Gasteiger charge is 2.30. The Morgan fingerprint density at radius 1 is 1.18 bits per heavy atom. The molecule has 146 valence electrons. The first-order chi connectivity index (χ1) is 13.2. The molecule has 2 N–H and O–H groups in total. The van der Waals surface area contributed by atoms with E-state index in [2.05, 4.69) is 10.5 Å². The van der Waals surface area contributed by atoms with E-state index in [0.717, 1.165) is 11.1 Å². The molecule has 0 saturated carbocycles. The molecule has 7 heteroatoms. The summed E-state index contributed by atoms with van der Waals surface area (Å²) in [4.78, 5) is 36.7. The molecule has 0 radical (unpaired) electrons. The van der Waals surface area contributed by atoms with Gasteiger partial charge in [0.15, 0.2) is 0 Å². The number of nitrogens with one attached hydrogen (secondary N) is 1. The topological polar surface area (TPSA) is 99.1 Å². The number of carbonyl (C=O) groups excluding carboxylic acids is 1. The summed E-state index contributed by atoms with van der Waals surface area (Å²) in [5, 5.41) is 15.6. The van der Waals surface area contributed by atoms with Crippen molar-refractivity contribution in [1.82, 2.24) is 0 Å². The molecule has 0 aliphatic heterocycles. The van der Waals surface area contributed by atoms with E-state index in [1.165, 1.54) is 4.90 Å². The van der Waals surface area contributed by atoms with Crippen LogP contribution in [0.2, 0.25) is 0 Å². The Kier molecular flexibility index (Phi) is 5.18. The number of carbonyl (C=O) groups is 2. The lowest BCUT2D eigenvalue weighted by Gasteiger charge is -2.34. The standard InChI is InChI=1S/C21H23N3O4/c1-21(2,3)24(20(26)27)18-7-5-4-6-17(18)22-19(25)14-8-10-15-13(12-14)9-11-16(15)23-28/h4-8,10,12,16H,9,11H2,1-3H3,(H,22,25)(H,26,27). The molecule has 0 spiro atoms. The molecule has 28 heavy (non-hydrogen) atoms. The van der Waals surface area contributed by atoms with Crippen molar-refractivity contribution in [2.24, 2.45) is 5.18 Å². The number of nitroso groups, excluding NO2 is 1. The summed E-state index contributed by atoms with van der Waals surface area (Å²) in [6, 6.07) is 11.7. The van der Waals surface area contributed by atoms with E-state index in [4.69, 9.17) is 0 Å². The van der Waals surface area contributed by atoms with Gasteiger partial charge in [0.25, 0.3) is 5.91 Å². The van der Waals surface area contributed by atoms with Gasteiger partial charge in [-0.25, -0.2) is 4.79 Å². The van der Waals surface area contributed by atoms with Gasteiger partial charge in [0.1, 0.15) is 6.04 Å². The Hall–Kier alpha value is -3.22. The zero-order chi connectivity index (χ0) is 20.5. The largest absolute Gasteiger partial charge is 0.465 e. The summed E-state index contributed by atoms with van der Waals surface area (Å²) in [5.74, 6) is -0.336. The Morgan fingerprint density at radius 3 is 2.54 bits per heavy atom. The second kappa shape index (κ2) is 7.42. The molecule has 1 unspecified atom stereocenters. The number of hydrogen-bond donors (Lipinski definition) is 2. The van der Waals surface area contributed by atoms with Crippen LogP contribution >= 0.6 is 0 Å². The van der Waals surface area contributed by atoms with Crippen LogP contribution in [-0.2, 0) is 6.42 Å². The predicted molar refractivity (Wildman–Crippen MR) is 108 cm³/mol. The lowest BCUT2D eigenvalue weighted by Crippen LogP contribution is -2.45. The zero-order valence-corrected chi connectivity index (χ0v) is 16.1. The molecule has 3 rings (SSSR count). The number of rotatable bonds is 4. The average molecular weight is 381 g/mol. The molecule has 7 nitrogen and oxygen atoms in total. The predicted octanol–water partition coefficient (Wildman–Crippen LogP) is 4.98. The fourth-order valence-electron chi connectivity index (χ4n) is 3.57. The molecule has 0 bridgehead atoms. The van der Waals surface area contributed by atoms with E-state index in [1.807, 2.05) is 0 Å². The number of fused-ring (bicyclic) bond motifs is 1. The summed E-state index contributed by atoms with van der Waals surface area (Å²) in [5.41, 5.74) is 2.42. The maximum absolute atomic E-state index is 12.8. The van der Waals surface area contributed by atoms with E-state index < -0.39 is 11.6 Å². The van der Waals surface area contributed by atoms with Crippen molar-refractivity contribution in [3.63, 3.8) is 0 Å². The summed E-state index contributed by atoms with van der Waals surface area (Å²) in [7, 11) is 0. The monoisotopic (exact) mass is 381 g/mol. The number of anilines is 2. The number of aryl methyl sites for hydroxylation is 1. The highest BCUT2D eigenvalue weighted by molar-refractivity contribution is 6.07. The molecule has 2 amide bonds. The zero-order valence-electron chi connectivity index (χ0n) is 16.1. The van der Waals surface area contributed by atoms with Crippen LogP contribution in [0.15, 0.2) is 47.6 Å². The third-order valence-corrected chi connectivity index (χ3v) is 4.83. The molecule has 1 aliphatic rings. The van der Waals surface area contributed by atoms with E-state index in [-0.39, 0.29) is 11.9 Å². The van der Waals surface area contributed by atoms with Crippen molar-refractivity contribution in [2.45, 2.75) is 45.2 Å². The molecule has 2 aromatic rings. The van der Waals surface area contributed by atoms with Gasteiger partial charge in [0.05, 0.1) is 11.4 Å². The van der Waals surface area contributed by atoms with Crippen molar-refractivity contribution in [3.05, 3.63) is 64.1 Å². The van der Waals surface area contributed by atoms with E-state index in [1.54, 1.807) is 63.2 Å². The molecular formula is C21H23N3O4. The van der Waals surface area contributed by atoms with Crippen LogP contribution in [0, 0.1) is 4.91 Å². The number of amides is 2. The number of carboxylic acid groups (broad SMARTS) is 1. The van der Waals surface area contributed by atoms with E-state index >= 15 is 0 Å². The van der Waals surface area contributed by atoms with Crippen LogP contribution in [-0.4, -0.2) is 22.6 Å². The van der Waals surface area contributed by atoms with Gasteiger partial charge >= 0.3 is 6.09 Å². The van der Waals surface area contributed by atoms with Gasteiger partial charge in [-0.2, -0.15) is 4.91 Å². The summed E-state index contributed by atoms with van der Waals surface area (Å²) in [6.45, 7) is 5.37. The van der Waals surface area contributed by atoms with Crippen molar-refractivity contribution >= 4 is 23.4 Å². The van der Waals surface area contributed by atoms with Crippen molar-refractivity contribution < 1.29 is 14.7 Å². The van der Waals surface area contributed by atoms with Crippen LogP contribution in [0.5, 0.6) is 0 Å². The smallest absolute Gasteiger partial charge is 0.412 e. The highest BCUT2D eigenvalue weighted by atomic mass is 16.4. The van der Waals surface area contributed by atoms with E-state index in [9.17, 15) is 19.6 Å². The fourth-order valence-corrected chi connectivity index (χ4v) is 3.57. The second-order valence-electron chi connectivity index (χ2n) is 7.83. The van der Waals surface area contributed by atoms with Crippen molar-refractivity contribution in [2.75, 3.05) is 10.2 Å². The third kappa shape index (κ3) is 3.74. The first kappa shape index (κ1) is 19.5. The Labute approximate surface area is 163 Å². The first-order valence-electron chi connectivity index (χ1n) is 9.11. The fraction of sp³-hybridized carbons (Fsp3) is 0.333. The SMILES string of the molecule is CC(C)(C)N(C(=O)O)c1ccccc1NC(=O)c1ccc2c(c1)CCC2N=O. The van der Waals surface area contributed by atoms with Crippen LogP contribution in [0.1, 0.15) is 54.7 Å². The van der Waals surface area contributed by atoms with Crippen LogP contribution < -0.4 is 10.2 Å². The molecular weight excluding hydrogens is 358 g/mol. The van der Waals surface area contributed by atoms with Crippen LogP contribution in [0.3, 0.4) is 0 Å². The lowest BCUT2D eigenvalue weighted by molar-refractivity contribution is 0.102. The molecule has 0 aromatic heterocycles. The van der Waals surface area contributed by atoms with Crippen molar-refractivity contribution in [3.8, 4) is 0 Å². The van der Waals surface area contributed by atoms with Gasteiger partial charge in [-0.1, -0.05) is 23.4 Å². The minimum atomic E-state index is -1.10. The highest BCUT2D eigenvalue weighted by Crippen LogP contribution is 2.35. The lowest BCUT2D eigenvalue weighted by atomic mass is 10.0. The Bertz CT molecular complexity index is 933. The molecule has 0 saturated heterocycles. The van der Waals surface area contributed by atoms with Crippen LogP contribution in [0.4, 0.5) is 16.2 Å². The quantitative estimate of drug-likeness (QED) is 0.730. The summed E-state index contributed by atoms with van der Waals surface area (Å²) in [6.07, 6.45) is 0.269. The Balaban J connectivity index is 1.90. The number of nitrogens with zero attached hydrogens (tertiary/aromatic N) is 2. The number of benzene rings is 2. The van der Waals surface area contributed by atoms with Crippen LogP contribution in [0.25, 0.3) is 0 Å². The second-order valence-corrected chi connectivity index (χ2v) is 7.83. The summed E-state index contributed by atoms with van der Waals surface area (Å²) >= 11 is 0. The van der Waals surface area contributed by atoms with Crippen molar-refractivity contribution in [1.29, 1.82) is 0 Å². The Morgan fingerprint density at radius 2 is 1.89 bits per heavy atom. The number of hydrogen-bond acceptors (Lipinski definition) is 4. The molecule has 1 aliphatic carbocycles. The average Bonchev–Trinajstić information content (AvgIpc) is 3.04. The number of para-hydroxylation sites is 2.